The van der Waals surface area contributed by atoms with Crippen LogP contribution in [0.5, 0.6) is 0 Å². The minimum Gasteiger partial charge on any atom is -0.383 e. The zero-order chi connectivity index (χ0) is 10.4. The highest BCUT2D eigenvalue weighted by Gasteiger charge is 2.17. The number of hydrogen-bond acceptors (Lipinski definition) is 2. The molecule has 0 aromatic heterocycles. The van der Waals surface area contributed by atoms with Crippen molar-refractivity contribution in [3.63, 3.8) is 0 Å². The molecule has 0 aliphatic carbocycles. The van der Waals surface area contributed by atoms with Crippen LogP contribution >= 0.6 is 0 Å². The van der Waals surface area contributed by atoms with Crippen molar-refractivity contribution in [3.8, 4) is 0 Å². The summed E-state index contributed by atoms with van der Waals surface area (Å²) in [5.41, 5.74) is 0.0867. The van der Waals surface area contributed by atoms with Crippen LogP contribution in [0, 0.1) is 0 Å². The predicted octanol–water partition coefficient (Wildman–Crippen LogP) is 1.96. The lowest BCUT2D eigenvalue weighted by molar-refractivity contribution is -0.123. The third kappa shape index (κ3) is 3.71. The van der Waals surface area contributed by atoms with Gasteiger partial charge in [-0.05, 0) is 31.7 Å². The van der Waals surface area contributed by atoms with Crippen molar-refractivity contribution in [3.05, 3.63) is 35.9 Å². The Kier molecular flexibility index (Phi) is 3.84. The second kappa shape index (κ2) is 4.91. The standard InChI is InChI=1S/C12H16O2/c1-12(14,10-13)9-5-8-11-6-3-2-4-7-11/h2-4,6-7,10,14H,5,8-9H2,1H3. The van der Waals surface area contributed by atoms with Crippen molar-refractivity contribution in [1.29, 1.82) is 0 Å². The van der Waals surface area contributed by atoms with Gasteiger partial charge in [-0.2, -0.15) is 0 Å². The van der Waals surface area contributed by atoms with Crippen LogP contribution in [0.4, 0.5) is 0 Å². The number of rotatable bonds is 5. The maximum atomic E-state index is 10.4. The lowest BCUT2D eigenvalue weighted by Crippen LogP contribution is -2.25. The Morgan fingerprint density at radius 1 is 1.36 bits per heavy atom. The molecular weight excluding hydrogens is 176 g/mol. The average Bonchev–Trinajstić information content (AvgIpc) is 2.19. The summed E-state index contributed by atoms with van der Waals surface area (Å²) in [5, 5.41) is 9.43. The van der Waals surface area contributed by atoms with Gasteiger partial charge in [0.15, 0.2) is 6.29 Å². The molecule has 1 unspecified atom stereocenters. The molecule has 1 N–H and O–H groups in total. The van der Waals surface area contributed by atoms with Crippen molar-refractivity contribution < 1.29 is 9.90 Å². The van der Waals surface area contributed by atoms with Gasteiger partial charge in [0.05, 0.1) is 0 Å². The molecule has 2 nitrogen and oxygen atoms in total. The molecule has 0 fully saturated rings. The van der Waals surface area contributed by atoms with Crippen molar-refractivity contribution in [2.24, 2.45) is 0 Å². The molecule has 0 aliphatic rings. The molecule has 0 aliphatic heterocycles. The van der Waals surface area contributed by atoms with E-state index in [2.05, 4.69) is 12.1 Å². The Balaban J connectivity index is 2.32. The average molecular weight is 192 g/mol. The summed E-state index contributed by atoms with van der Waals surface area (Å²) in [4.78, 5) is 10.4. The zero-order valence-electron chi connectivity index (χ0n) is 8.44. The van der Waals surface area contributed by atoms with E-state index in [-0.39, 0.29) is 0 Å². The number of aliphatic hydroxyl groups is 1. The molecule has 14 heavy (non-hydrogen) atoms. The van der Waals surface area contributed by atoms with Gasteiger partial charge in [-0.15, -0.1) is 0 Å². The minimum absolute atomic E-state index is 0.519. The first-order valence-corrected chi connectivity index (χ1v) is 4.87. The van der Waals surface area contributed by atoms with Gasteiger partial charge in [0, 0.05) is 0 Å². The van der Waals surface area contributed by atoms with E-state index in [0.717, 1.165) is 12.8 Å². The summed E-state index contributed by atoms with van der Waals surface area (Å²) >= 11 is 0. The number of hydrogen-bond donors (Lipinski definition) is 1. The van der Waals surface area contributed by atoms with Crippen LogP contribution in [0.3, 0.4) is 0 Å². The Labute approximate surface area is 84.6 Å². The van der Waals surface area contributed by atoms with Gasteiger partial charge in [-0.3, -0.25) is 0 Å². The molecule has 0 bridgehead atoms. The first kappa shape index (κ1) is 10.9. The van der Waals surface area contributed by atoms with E-state index in [1.54, 1.807) is 6.92 Å². The Bertz CT molecular complexity index is 278. The summed E-state index contributed by atoms with van der Waals surface area (Å²) in [6, 6.07) is 10.1. The fourth-order valence-corrected chi connectivity index (χ4v) is 1.35. The normalized spacial score (nSPS) is 14.7. The fraction of sp³-hybridized carbons (Fsp3) is 0.417. The largest absolute Gasteiger partial charge is 0.383 e. The van der Waals surface area contributed by atoms with Crippen LogP contribution in [0.2, 0.25) is 0 Å². The van der Waals surface area contributed by atoms with Gasteiger partial charge < -0.3 is 9.90 Å². The van der Waals surface area contributed by atoms with E-state index in [4.69, 9.17) is 0 Å². The highest BCUT2D eigenvalue weighted by atomic mass is 16.3. The van der Waals surface area contributed by atoms with E-state index in [0.29, 0.717) is 12.7 Å². The van der Waals surface area contributed by atoms with Gasteiger partial charge in [0.2, 0.25) is 0 Å². The van der Waals surface area contributed by atoms with Crippen LogP contribution < -0.4 is 0 Å². The second-order valence-electron chi connectivity index (χ2n) is 3.81. The first-order valence-electron chi connectivity index (χ1n) is 4.87. The van der Waals surface area contributed by atoms with Crippen molar-refractivity contribution in [2.75, 3.05) is 0 Å². The molecular formula is C12H16O2. The summed E-state index contributed by atoms with van der Waals surface area (Å²) in [6.45, 7) is 1.55. The van der Waals surface area contributed by atoms with Crippen LogP contribution in [-0.2, 0) is 11.2 Å². The van der Waals surface area contributed by atoms with Crippen LogP contribution in [0.15, 0.2) is 30.3 Å². The number of aryl methyl sites for hydroxylation is 1. The van der Waals surface area contributed by atoms with Gasteiger partial charge in [-0.1, -0.05) is 30.3 Å². The van der Waals surface area contributed by atoms with E-state index in [1.807, 2.05) is 18.2 Å². The molecule has 0 radical (unpaired) electrons. The monoisotopic (exact) mass is 192 g/mol. The third-order valence-corrected chi connectivity index (χ3v) is 2.25. The highest BCUT2D eigenvalue weighted by Crippen LogP contribution is 2.12. The smallest absolute Gasteiger partial charge is 0.151 e. The lowest BCUT2D eigenvalue weighted by atomic mass is 9.99. The third-order valence-electron chi connectivity index (χ3n) is 2.25. The number of carbonyl (C=O) groups excluding carboxylic acids is 1. The molecule has 0 saturated heterocycles. The van der Waals surface area contributed by atoms with E-state index in [1.165, 1.54) is 5.56 Å². The molecule has 0 spiro atoms. The second-order valence-corrected chi connectivity index (χ2v) is 3.81. The SMILES string of the molecule is CC(O)(C=O)CCCc1ccccc1. The van der Waals surface area contributed by atoms with E-state index in [9.17, 15) is 9.90 Å². The van der Waals surface area contributed by atoms with Gasteiger partial charge >= 0.3 is 0 Å². The summed E-state index contributed by atoms with van der Waals surface area (Å²) in [6.07, 6.45) is 2.87. The van der Waals surface area contributed by atoms with Crippen molar-refractivity contribution in [1.82, 2.24) is 0 Å². The number of aldehydes is 1. The quantitative estimate of drug-likeness (QED) is 0.724. The maximum Gasteiger partial charge on any atom is 0.151 e. The number of benzene rings is 1. The lowest BCUT2D eigenvalue weighted by Gasteiger charge is -2.14. The number of carbonyl (C=O) groups is 1. The summed E-state index contributed by atoms with van der Waals surface area (Å²) < 4.78 is 0. The molecule has 1 rings (SSSR count). The van der Waals surface area contributed by atoms with Crippen LogP contribution in [0.1, 0.15) is 25.3 Å². The van der Waals surface area contributed by atoms with Crippen LogP contribution in [-0.4, -0.2) is 17.0 Å². The van der Waals surface area contributed by atoms with Gasteiger partial charge in [0.25, 0.3) is 0 Å². The van der Waals surface area contributed by atoms with Crippen molar-refractivity contribution in [2.45, 2.75) is 31.8 Å². The molecule has 76 valence electrons. The topological polar surface area (TPSA) is 37.3 Å². The Hall–Kier alpha value is -1.15. The highest BCUT2D eigenvalue weighted by molar-refractivity contribution is 5.60. The molecule has 0 amide bonds. The summed E-state index contributed by atoms with van der Waals surface area (Å²) in [7, 11) is 0. The Morgan fingerprint density at radius 2 is 2.00 bits per heavy atom. The fourth-order valence-electron chi connectivity index (χ4n) is 1.35. The Morgan fingerprint density at radius 3 is 2.57 bits per heavy atom. The minimum atomic E-state index is -1.16. The maximum absolute atomic E-state index is 10.4. The molecule has 2 heteroatoms. The molecule has 1 aromatic carbocycles. The van der Waals surface area contributed by atoms with Gasteiger partial charge in [-0.25, -0.2) is 0 Å². The first-order chi connectivity index (χ1) is 6.64. The molecule has 1 aromatic rings. The molecule has 1 atom stereocenters. The molecule has 0 saturated carbocycles. The van der Waals surface area contributed by atoms with Crippen molar-refractivity contribution >= 4 is 6.29 Å². The van der Waals surface area contributed by atoms with E-state index < -0.39 is 5.60 Å². The summed E-state index contributed by atoms with van der Waals surface area (Å²) in [5.74, 6) is 0. The predicted molar refractivity (Wildman–Crippen MR) is 56.1 cm³/mol. The van der Waals surface area contributed by atoms with Gasteiger partial charge in [0.1, 0.15) is 5.60 Å². The van der Waals surface area contributed by atoms with Crippen LogP contribution in [0.25, 0.3) is 0 Å². The van der Waals surface area contributed by atoms with E-state index >= 15 is 0 Å². The zero-order valence-corrected chi connectivity index (χ0v) is 8.44. The molecule has 0 heterocycles.